The van der Waals surface area contributed by atoms with E-state index in [1.165, 1.54) is 0 Å². The van der Waals surface area contributed by atoms with Crippen molar-refractivity contribution in [2.45, 2.75) is 6.04 Å². The molecule has 0 aliphatic carbocycles. The van der Waals surface area contributed by atoms with E-state index < -0.39 is 17.7 Å². The highest BCUT2D eigenvalue weighted by molar-refractivity contribution is 5.83. The average Bonchev–Trinajstić information content (AvgIpc) is 2.51. The maximum Gasteiger partial charge on any atom is 0.128 e. The number of hydrazine groups is 1. The van der Waals surface area contributed by atoms with Crippen molar-refractivity contribution in [1.82, 2.24) is 10.4 Å². The van der Waals surface area contributed by atoms with Crippen molar-refractivity contribution in [3.63, 3.8) is 0 Å². The van der Waals surface area contributed by atoms with Crippen molar-refractivity contribution in [2.24, 2.45) is 5.84 Å². The summed E-state index contributed by atoms with van der Waals surface area (Å²) >= 11 is 0. The highest BCUT2D eigenvalue weighted by Gasteiger charge is 2.19. The third-order valence-electron chi connectivity index (χ3n) is 3.43. The van der Waals surface area contributed by atoms with Crippen LogP contribution in [0.15, 0.2) is 54.7 Å². The fraction of sp³-hybridized carbons (Fsp3) is 0.0625. The lowest BCUT2D eigenvalue weighted by atomic mass is 9.95. The van der Waals surface area contributed by atoms with Crippen LogP contribution in [-0.2, 0) is 0 Å². The summed E-state index contributed by atoms with van der Waals surface area (Å²) in [5.41, 5.74) is 4.23. The lowest BCUT2D eigenvalue weighted by molar-refractivity contribution is 0.547. The summed E-state index contributed by atoms with van der Waals surface area (Å²) in [6.07, 6.45) is 1.68. The summed E-state index contributed by atoms with van der Waals surface area (Å²) in [6.45, 7) is 0. The number of hydrogen-bond donors (Lipinski definition) is 2. The van der Waals surface area contributed by atoms with Crippen LogP contribution in [0.4, 0.5) is 8.78 Å². The molecule has 3 rings (SSSR count). The van der Waals surface area contributed by atoms with Gasteiger partial charge in [-0.25, -0.2) is 14.2 Å². The van der Waals surface area contributed by atoms with E-state index in [4.69, 9.17) is 5.84 Å². The third-order valence-corrected chi connectivity index (χ3v) is 3.43. The molecule has 3 aromatic rings. The molecule has 21 heavy (non-hydrogen) atoms. The minimum Gasteiger partial charge on any atom is -0.271 e. The van der Waals surface area contributed by atoms with E-state index in [-0.39, 0.29) is 5.56 Å². The summed E-state index contributed by atoms with van der Waals surface area (Å²) in [4.78, 5) is 4.26. The first-order chi connectivity index (χ1) is 10.2. The van der Waals surface area contributed by atoms with Gasteiger partial charge in [0.05, 0.1) is 11.6 Å². The normalized spacial score (nSPS) is 12.5. The zero-order chi connectivity index (χ0) is 14.8. The molecule has 0 fully saturated rings. The van der Waals surface area contributed by atoms with Gasteiger partial charge in [0, 0.05) is 17.1 Å². The molecule has 0 aliphatic heterocycles. The van der Waals surface area contributed by atoms with E-state index in [0.29, 0.717) is 0 Å². The first kappa shape index (κ1) is 13.6. The Morgan fingerprint density at radius 1 is 1.00 bits per heavy atom. The summed E-state index contributed by atoms with van der Waals surface area (Å²) in [6, 6.07) is 11.8. The maximum atomic E-state index is 14.0. The van der Waals surface area contributed by atoms with Crippen LogP contribution in [0.2, 0.25) is 0 Å². The first-order valence-corrected chi connectivity index (χ1v) is 6.45. The molecule has 3 nitrogen and oxygen atoms in total. The van der Waals surface area contributed by atoms with Crippen molar-refractivity contribution < 1.29 is 8.78 Å². The number of pyridine rings is 1. The van der Waals surface area contributed by atoms with E-state index >= 15 is 0 Å². The monoisotopic (exact) mass is 285 g/mol. The third kappa shape index (κ3) is 2.49. The van der Waals surface area contributed by atoms with Gasteiger partial charge in [-0.2, -0.15) is 0 Å². The largest absolute Gasteiger partial charge is 0.271 e. The molecular formula is C16H13F2N3. The average molecular weight is 285 g/mol. The fourth-order valence-corrected chi connectivity index (χ4v) is 2.46. The number of rotatable bonds is 3. The van der Waals surface area contributed by atoms with Crippen molar-refractivity contribution >= 4 is 10.9 Å². The smallest absolute Gasteiger partial charge is 0.128 e. The van der Waals surface area contributed by atoms with Crippen molar-refractivity contribution in [3.05, 3.63) is 77.5 Å². The first-order valence-electron chi connectivity index (χ1n) is 6.45. The van der Waals surface area contributed by atoms with E-state index in [2.05, 4.69) is 10.4 Å². The molecule has 106 valence electrons. The van der Waals surface area contributed by atoms with Gasteiger partial charge >= 0.3 is 0 Å². The number of nitrogens with two attached hydrogens (primary N) is 1. The topological polar surface area (TPSA) is 50.9 Å². The van der Waals surface area contributed by atoms with Gasteiger partial charge in [-0.1, -0.05) is 18.2 Å². The van der Waals surface area contributed by atoms with Gasteiger partial charge in [-0.15, -0.1) is 0 Å². The number of hydrogen-bond acceptors (Lipinski definition) is 3. The molecule has 1 aromatic heterocycles. The molecule has 3 N–H and O–H groups in total. The highest BCUT2D eigenvalue weighted by Crippen LogP contribution is 2.29. The number of nitrogens with zero attached hydrogens (tertiary/aromatic N) is 1. The Kier molecular flexibility index (Phi) is 3.60. The Morgan fingerprint density at radius 2 is 1.86 bits per heavy atom. The van der Waals surface area contributed by atoms with E-state index in [1.807, 2.05) is 24.3 Å². The number of fused-ring (bicyclic) bond motifs is 1. The Bertz CT molecular complexity index is 784. The predicted octanol–water partition coefficient (Wildman–Crippen LogP) is 3.07. The molecule has 0 amide bonds. The molecule has 0 bridgehead atoms. The Hall–Kier alpha value is -2.37. The SMILES string of the molecule is NNC(c1cc(F)ccc1F)c1cccc2ncccc12. The molecule has 2 aromatic carbocycles. The highest BCUT2D eigenvalue weighted by atomic mass is 19.1. The lowest BCUT2D eigenvalue weighted by Crippen LogP contribution is -2.29. The summed E-state index contributed by atoms with van der Waals surface area (Å²) < 4.78 is 27.4. The van der Waals surface area contributed by atoms with Crippen LogP contribution in [0.25, 0.3) is 10.9 Å². The van der Waals surface area contributed by atoms with Gasteiger partial charge in [0.1, 0.15) is 11.6 Å². The van der Waals surface area contributed by atoms with Crippen molar-refractivity contribution in [2.75, 3.05) is 0 Å². The molecule has 5 heteroatoms. The van der Waals surface area contributed by atoms with Crippen LogP contribution < -0.4 is 11.3 Å². The van der Waals surface area contributed by atoms with E-state index in [9.17, 15) is 8.78 Å². The quantitative estimate of drug-likeness (QED) is 0.574. The molecular weight excluding hydrogens is 272 g/mol. The second-order valence-electron chi connectivity index (χ2n) is 4.68. The van der Waals surface area contributed by atoms with Gasteiger partial charge in [-0.05, 0) is 35.9 Å². The minimum absolute atomic E-state index is 0.161. The summed E-state index contributed by atoms with van der Waals surface area (Å²) in [5.74, 6) is 4.56. The van der Waals surface area contributed by atoms with Gasteiger partial charge in [0.25, 0.3) is 0 Å². The molecule has 0 saturated carbocycles. The standard InChI is InChI=1S/C16H13F2N3/c17-10-6-7-14(18)13(9-10)16(21-19)12-3-1-5-15-11(12)4-2-8-20-15/h1-9,16,21H,19H2. The Labute approximate surface area is 120 Å². The summed E-state index contributed by atoms with van der Waals surface area (Å²) in [7, 11) is 0. The Morgan fingerprint density at radius 3 is 2.67 bits per heavy atom. The molecule has 1 unspecified atom stereocenters. The van der Waals surface area contributed by atoms with Gasteiger partial charge in [-0.3, -0.25) is 10.8 Å². The second kappa shape index (κ2) is 5.55. The van der Waals surface area contributed by atoms with Crippen LogP contribution >= 0.6 is 0 Å². The maximum absolute atomic E-state index is 14.0. The zero-order valence-electron chi connectivity index (χ0n) is 11.1. The van der Waals surface area contributed by atoms with Crippen LogP contribution in [-0.4, -0.2) is 4.98 Å². The van der Waals surface area contributed by atoms with Gasteiger partial charge < -0.3 is 0 Å². The summed E-state index contributed by atoms with van der Waals surface area (Å²) in [5, 5.41) is 0.839. The van der Waals surface area contributed by atoms with Gasteiger partial charge in [0.2, 0.25) is 0 Å². The number of halogens is 2. The lowest BCUT2D eigenvalue weighted by Gasteiger charge is -2.19. The Balaban J connectivity index is 2.21. The molecule has 0 aliphatic rings. The molecule has 0 spiro atoms. The molecule has 0 saturated heterocycles. The molecule has 1 atom stereocenters. The number of aromatic nitrogens is 1. The minimum atomic E-state index is -0.659. The van der Waals surface area contributed by atoms with Crippen molar-refractivity contribution in [3.8, 4) is 0 Å². The van der Waals surface area contributed by atoms with Crippen LogP contribution in [0.5, 0.6) is 0 Å². The van der Waals surface area contributed by atoms with Crippen LogP contribution in [0.3, 0.4) is 0 Å². The second-order valence-corrected chi connectivity index (χ2v) is 4.68. The molecule has 1 heterocycles. The van der Waals surface area contributed by atoms with E-state index in [0.717, 1.165) is 34.7 Å². The molecule has 0 radical (unpaired) electrons. The van der Waals surface area contributed by atoms with Crippen LogP contribution in [0.1, 0.15) is 17.2 Å². The predicted molar refractivity (Wildman–Crippen MR) is 77.3 cm³/mol. The number of nitrogens with one attached hydrogen (secondary N) is 1. The number of benzene rings is 2. The zero-order valence-corrected chi connectivity index (χ0v) is 11.1. The van der Waals surface area contributed by atoms with Crippen molar-refractivity contribution in [1.29, 1.82) is 0 Å². The van der Waals surface area contributed by atoms with Crippen LogP contribution in [0, 0.1) is 11.6 Å². The fourth-order valence-electron chi connectivity index (χ4n) is 2.46. The van der Waals surface area contributed by atoms with E-state index in [1.54, 1.807) is 12.3 Å². The van der Waals surface area contributed by atoms with Gasteiger partial charge in [0.15, 0.2) is 0 Å².